The minimum Gasteiger partial charge on any atom is -0.358 e. The fourth-order valence-electron chi connectivity index (χ4n) is 2.25. The van der Waals surface area contributed by atoms with E-state index in [9.17, 15) is 0 Å². The van der Waals surface area contributed by atoms with Gasteiger partial charge < -0.3 is 4.90 Å². The highest BCUT2D eigenvalue weighted by molar-refractivity contribution is 5.32. The van der Waals surface area contributed by atoms with Crippen molar-refractivity contribution in [2.45, 2.75) is 40.5 Å². The summed E-state index contributed by atoms with van der Waals surface area (Å²) < 4.78 is 0. The minimum absolute atomic E-state index is 0.163. The van der Waals surface area contributed by atoms with Gasteiger partial charge in [-0.25, -0.2) is 0 Å². The molecule has 0 heterocycles. The van der Waals surface area contributed by atoms with E-state index in [1.54, 1.807) is 0 Å². The van der Waals surface area contributed by atoms with Crippen LogP contribution in [0.1, 0.15) is 40.5 Å². The lowest BCUT2D eigenvalue weighted by atomic mass is 9.84. The van der Waals surface area contributed by atoms with Crippen molar-refractivity contribution in [3.8, 4) is 0 Å². The lowest BCUT2D eigenvalue weighted by Crippen LogP contribution is -2.08. The molecule has 0 fully saturated rings. The minimum atomic E-state index is 0.163. The van der Waals surface area contributed by atoms with E-state index in [1.165, 1.54) is 5.57 Å². The Hall–Kier alpha value is -1.50. The number of hydrogen-bond donors (Lipinski definition) is 0. The molecule has 0 aromatic rings. The Balaban J connectivity index is 2.54. The summed E-state index contributed by atoms with van der Waals surface area (Å²) in [6, 6.07) is 0. The monoisotopic (exact) mass is 271 g/mol. The molecule has 1 unspecified atom stereocenters. The first-order valence-corrected chi connectivity index (χ1v) is 7.57. The molecule has 1 nitrogen and oxygen atoms in total. The SMILES string of the molecule is CC=CN(C)/C=C\CCC1(C)C=CC=C(C(C)C)C=C1. The van der Waals surface area contributed by atoms with E-state index in [2.05, 4.69) is 81.6 Å². The van der Waals surface area contributed by atoms with Crippen LogP contribution in [0.15, 0.2) is 60.5 Å². The maximum atomic E-state index is 2.35. The fourth-order valence-corrected chi connectivity index (χ4v) is 2.25. The third-order valence-corrected chi connectivity index (χ3v) is 3.66. The zero-order valence-corrected chi connectivity index (χ0v) is 13.6. The molecule has 0 N–H and O–H groups in total. The highest BCUT2D eigenvalue weighted by Crippen LogP contribution is 2.30. The first-order chi connectivity index (χ1) is 9.47. The molecule has 1 atom stereocenters. The lowest BCUT2D eigenvalue weighted by molar-refractivity contribution is 0.503. The van der Waals surface area contributed by atoms with Gasteiger partial charge in [-0.15, -0.1) is 0 Å². The molecular formula is C19H29N. The van der Waals surface area contributed by atoms with E-state index in [1.807, 2.05) is 13.0 Å². The number of rotatable bonds is 6. The van der Waals surface area contributed by atoms with Crippen LogP contribution in [0.5, 0.6) is 0 Å². The van der Waals surface area contributed by atoms with Crippen LogP contribution in [-0.2, 0) is 0 Å². The summed E-state index contributed by atoms with van der Waals surface area (Å²) >= 11 is 0. The first-order valence-electron chi connectivity index (χ1n) is 7.57. The van der Waals surface area contributed by atoms with Gasteiger partial charge in [0.05, 0.1) is 0 Å². The molecule has 0 bridgehead atoms. The number of hydrogen-bond acceptors (Lipinski definition) is 1. The van der Waals surface area contributed by atoms with Gasteiger partial charge in [0.1, 0.15) is 0 Å². The summed E-state index contributed by atoms with van der Waals surface area (Å²) in [6.45, 7) is 8.82. The topological polar surface area (TPSA) is 3.24 Å². The fraction of sp³-hybridized carbons (Fsp3) is 0.474. The van der Waals surface area contributed by atoms with Gasteiger partial charge in [0.2, 0.25) is 0 Å². The van der Waals surface area contributed by atoms with Gasteiger partial charge in [-0.2, -0.15) is 0 Å². The van der Waals surface area contributed by atoms with Crippen molar-refractivity contribution in [1.29, 1.82) is 0 Å². The molecule has 1 aliphatic rings. The molecule has 1 aliphatic carbocycles. The molecule has 1 rings (SSSR count). The Bertz CT molecular complexity index is 435. The summed E-state index contributed by atoms with van der Waals surface area (Å²) in [4.78, 5) is 2.08. The molecule has 20 heavy (non-hydrogen) atoms. The zero-order valence-electron chi connectivity index (χ0n) is 13.6. The molecule has 110 valence electrons. The van der Waals surface area contributed by atoms with Crippen LogP contribution in [0.4, 0.5) is 0 Å². The van der Waals surface area contributed by atoms with Gasteiger partial charge in [-0.3, -0.25) is 0 Å². The molecule has 0 radical (unpaired) electrons. The second kappa shape index (κ2) is 7.94. The molecule has 0 spiro atoms. The third kappa shape index (κ3) is 5.64. The summed E-state index contributed by atoms with van der Waals surface area (Å²) in [5.41, 5.74) is 1.57. The van der Waals surface area contributed by atoms with Crippen molar-refractivity contribution in [2.24, 2.45) is 11.3 Å². The highest BCUT2D eigenvalue weighted by atomic mass is 15.0. The van der Waals surface area contributed by atoms with Gasteiger partial charge in [0.25, 0.3) is 0 Å². The van der Waals surface area contributed by atoms with Gasteiger partial charge in [0, 0.05) is 12.5 Å². The van der Waals surface area contributed by atoms with Gasteiger partial charge >= 0.3 is 0 Å². The summed E-state index contributed by atoms with van der Waals surface area (Å²) in [7, 11) is 2.06. The van der Waals surface area contributed by atoms with Crippen molar-refractivity contribution in [3.05, 3.63) is 60.5 Å². The Morgan fingerprint density at radius 1 is 1.25 bits per heavy atom. The second-order valence-electron chi connectivity index (χ2n) is 6.09. The molecule has 1 heteroatoms. The van der Waals surface area contributed by atoms with Gasteiger partial charge in [0.15, 0.2) is 0 Å². The number of nitrogens with zero attached hydrogens (tertiary/aromatic N) is 1. The van der Waals surface area contributed by atoms with Crippen LogP contribution >= 0.6 is 0 Å². The molecular weight excluding hydrogens is 242 g/mol. The van der Waals surface area contributed by atoms with E-state index in [-0.39, 0.29) is 5.41 Å². The molecule has 0 aliphatic heterocycles. The maximum Gasteiger partial charge on any atom is 0.0106 e. The van der Waals surface area contributed by atoms with Crippen molar-refractivity contribution in [3.63, 3.8) is 0 Å². The van der Waals surface area contributed by atoms with Crippen LogP contribution in [0.2, 0.25) is 0 Å². The summed E-state index contributed by atoms with van der Waals surface area (Å²) in [5.74, 6) is 0.590. The second-order valence-corrected chi connectivity index (χ2v) is 6.09. The molecule has 0 amide bonds. The third-order valence-electron chi connectivity index (χ3n) is 3.66. The highest BCUT2D eigenvalue weighted by Gasteiger charge is 2.17. The van der Waals surface area contributed by atoms with Gasteiger partial charge in [-0.05, 0) is 43.7 Å². The average molecular weight is 271 g/mol. The van der Waals surface area contributed by atoms with Crippen LogP contribution in [0.25, 0.3) is 0 Å². The summed E-state index contributed by atoms with van der Waals surface area (Å²) in [5, 5.41) is 0. The first kappa shape index (κ1) is 16.6. The number of allylic oxidation sites excluding steroid dienone is 8. The Morgan fingerprint density at radius 2 is 2.00 bits per heavy atom. The van der Waals surface area contributed by atoms with Crippen molar-refractivity contribution >= 4 is 0 Å². The standard InChI is InChI=1S/C19H29N/c1-6-15-20(5)16-8-7-12-19(4)13-9-10-18(11-14-19)17(2)3/h6,8-11,13-17H,7,12H2,1-5H3/b15-6?,16-8-. The van der Waals surface area contributed by atoms with Crippen LogP contribution < -0.4 is 0 Å². The Kier molecular flexibility index (Phi) is 6.57. The van der Waals surface area contributed by atoms with Crippen molar-refractivity contribution in [2.75, 3.05) is 7.05 Å². The molecule has 0 aromatic carbocycles. The smallest absolute Gasteiger partial charge is 0.0106 e. The molecule has 0 aromatic heterocycles. The van der Waals surface area contributed by atoms with Gasteiger partial charge in [-0.1, -0.05) is 63.3 Å². The average Bonchev–Trinajstić information content (AvgIpc) is 2.58. The lowest BCUT2D eigenvalue weighted by Gasteiger charge is -2.20. The Labute approximate surface area is 125 Å². The summed E-state index contributed by atoms with van der Waals surface area (Å²) in [6.07, 6.45) is 22.1. The van der Waals surface area contributed by atoms with Crippen molar-refractivity contribution in [1.82, 2.24) is 4.90 Å². The van der Waals surface area contributed by atoms with E-state index in [4.69, 9.17) is 0 Å². The zero-order chi connectivity index (χ0) is 15.0. The quantitative estimate of drug-likeness (QED) is 0.620. The van der Waals surface area contributed by atoms with E-state index < -0.39 is 0 Å². The van der Waals surface area contributed by atoms with Crippen molar-refractivity contribution < 1.29 is 0 Å². The predicted octanol–water partition coefficient (Wildman–Crippen LogP) is 5.46. The van der Waals surface area contributed by atoms with E-state index in [0.29, 0.717) is 5.92 Å². The van der Waals surface area contributed by atoms with E-state index in [0.717, 1.165) is 12.8 Å². The van der Waals surface area contributed by atoms with Crippen LogP contribution in [0, 0.1) is 11.3 Å². The predicted molar refractivity (Wildman–Crippen MR) is 90.3 cm³/mol. The van der Waals surface area contributed by atoms with E-state index >= 15 is 0 Å². The Morgan fingerprint density at radius 3 is 2.65 bits per heavy atom. The van der Waals surface area contributed by atoms with Crippen LogP contribution in [-0.4, -0.2) is 11.9 Å². The normalized spacial score (nSPS) is 22.8. The molecule has 0 saturated carbocycles. The molecule has 0 saturated heterocycles. The largest absolute Gasteiger partial charge is 0.358 e. The van der Waals surface area contributed by atoms with Crippen LogP contribution in [0.3, 0.4) is 0 Å². The maximum absolute atomic E-state index is 2.35.